The normalized spacial score (nSPS) is 10.2. The molecule has 1 aromatic heterocycles. The summed E-state index contributed by atoms with van der Waals surface area (Å²) in [6, 6.07) is 4.50. The number of nitro benzene ring substituents is 1. The summed E-state index contributed by atoms with van der Waals surface area (Å²) in [5.74, 6) is -0.633. The van der Waals surface area contributed by atoms with Crippen LogP contribution in [-0.4, -0.2) is 21.4 Å². The molecule has 8 nitrogen and oxygen atoms in total. The van der Waals surface area contributed by atoms with Gasteiger partial charge < -0.3 is 15.8 Å². The van der Waals surface area contributed by atoms with E-state index >= 15 is 0 Å². The zero-order valence-corrected chi connectivity index (χ0v) is 11.0. The first-order chi connectivity index (χ1) is 9.99. The molecule has 0 radical (unpaired) electrons. The molecule has 110 valence electrons. The van der Waals surface area contributed by atoms with E-state index in [9.17, 15) is 14.5 Å². The molecule has 2 aromatic rings. The van der Waals surface area contributed by atoms with Crippen molar-refractivity contribution in [3.63, 3.8) is 0 Å². The van der Waals surface area contributed by atoms with Crippen LogP contribution in [0.5, 0.6) is 11.6 Å². The Labute approximate surface area is 118 Å². The van der Waals surface area contributed by atoms with Crippen LogP contribution in [0.1, 0.15) is 6.92 Å². The summed E-state index contributed by atoms with van der Waals surface area (Å²) in [6.45, 7) is 2.48. The summed E-state index contributed by atoms with van der Waals surface area (Å²) in [4.78, 5) is 17.6. The minimum Gasteiger partial charge on any atom is -0.436 e. The topological polar surface area (TPSA) is 116 Å². The molecule has 1 heterocycles. The third-order valence-corrected chi connectivity index (χ3v) is 2.42. The Balaban J connectivity index is 2.27. The van der Waals surface area contributed by atoms with Crippen molar-refractivity contribution < 1.29 is 14.1 Å². The molecule has 0 bridgehead atoms. The maximum absolute atomic E-state index is 13.7. The molecule has 0 saturated heterocycles. The van der Waals surface area contributed by atoms with Crippen molar-refractivity contribution in [1.82, 2.24) is 9.97 Å². The van der Waals surface area contributed by atoms with Crippen LogP contribution in [0.3, 0.4) is 0 Å². The van der Waals surface area contributed by atoms with Crippen molar-refractivity contribution in [3.05, 3.63) is 40.2 Å². The number of ether oxygens (including phenoxy) is 1. The summed E-state index contributed by atoms with van der Waals surface area (Å²) < 4.78 is 19.0. The van der Waals surface area contributed by atoms with E-state index in [-0.39, 0.29) is 23.3 Å². The lowest BCUT2D eigenvalue weighted by Gasteiger charge is -2.08. The number of nitrogens with zero attached hydrogens (tertiary/aromatic N) is 3. The van der Waals surface area contributed by atoms with E-state index in [0.717, 1.165) is 18.2 Å². The summed E-state index contributed by atoms with van der Waals surface area (Å²) in [5, 5.41) is 13.5. The molecule has 0 saturated carbocycles. The molecule has 0 atom stereocenters. The highest BCUT2D eigenvalue weighted by molar-refractivity contribution is 5.45. The van der Waals surface area contributed by atoms with E-state index in [4.69, 9.17) is 10.5 Å². The highest BCUT2D eigenvalue weighted by Crippen LogP contribution is 2.27. The SMILES string of the molecule is CCNc1cc(Oc2ccc([N+](=O)[O-])cc2F)nc(N)n1. The van der Waals surface area contributed by atoms with Gasteiger partial charge in [-0.25, -0.2) is 4.39 Å². The number of nitro groups is 1. The molecular weight excluding hydrogens is 281 g/mol. The first-order valence-electron chi connectivity index (χ1n) is 6.00. The van der Waals surface area contributed by atoms with E-state index in [1.165, 1.54) is 6.07 Å². The number of hydrogen-bond acceptors (Lipinski definition) is 7. The number of nitrogens with two attached hydrogens (primary N) is 1. The van der Waals surface area contributed by atoms with Crippen LogP contribution in [0, 0.1) is 15.9 Å². The van der Waals surface area contributed by atoms with Gasteiger partial charge in [0.25, 0.3) is 5.69 Å². The molecular formula is C12H12FN5O3. The number of aromatic nitrogens is 2. The molecule has 0 aliphatic rings. The molecule has 1 aromatic carbocycles. The van der Waals surface area contributed by atoms with Crippen LogP contribution < -0.4 is 15.8 Å². The standard InChI is InChI=1S/C12H12FN5O3/c1-2-15-10-6-11(17-12(14)16-10)21-9-4-3-7(18(19)20)5-8(9)13/h3-6H,2H2,1H3,(H3,14,15,16,17). The third-order valence-electron chi connectivity index (χ3n) is 2.42. The Morgan fingerprint density at radius 1 is 1.43 bits per heavy atom. The molecule has 0 spiro atoms. The van der Waals surface area contributed by atoms with Crippen LogP contribution >= 0.6 is 0 Å². The van der Waals surface area contributed by atoms with Crippen molar-refractivity contribution in [2.45, 2.75) is 6.92 Å². The van der Waals surface area contributed by atoms with Gasteiger partial charge in [-0.1, -0.05) is 0 Å². The fraction of sp³-hybridized carbons (Fsp3) is 0.167. The molecule has 0 unspecified atom stereocenters. The maximum Gasteiger partial charge on any atom is 0.272 e. The Hall–Kier alpha value is -2.97. The Bertz CT molecular complexity index is 680. The van der Waals surface area contributed by atoms with Gasteiger partial charge in [-0.2, -0.15) is 9.97 Å². The van der Waals surface area contributed by atoms with E-state index in [1.807, 2.05) is 6.92 Å². The van der Waals surface area contributed by atoms with Gasteiger partial charge in [-0.3, -0.25) is 10.1 Å². The molecule has 0 aliphatic heterocycles. The average molecular weight is 293 g/mol. The van der Waals surface area contributed by atoms with Gasteiger partial charge in [-0.05, 0) is 13.0 Å². The van der Waals surface area contributed by atoms with Gasteiger partial charge in [0.15, 0.2) is 11.6 Å². The van der Waals surface area contributed by atoms with Crippen molar-refractivity contribution in [1.29, 1.82) is 0 Å². The number of hydrogen-bond donors (Lipinski definition) is 2. The zero-order valence-electron chi connectivity index (χ0n) is 11.0. The van der Waals surface area contributed by atoms with Crippen LogP contribution in [-0.2, 0) is 0 Å². The molecule has 3 N–H and O–H groups in total. The number of nitrogen functional groups attached to an aromatic ring is 1. The van der Waals surface area contributed by atoms with Gasteiger partial charge in [0.05, 0.1) is 11.0 Å². The lowest BCUT2D eigenvalue weighted by molar-refractivity contribution is -0.385. The predicted molar refractivity (Wildman–Crippen MR) is 73.7 cm³/mol. The van der Waals surface area contributed by atoms with Gasteiger partial charge in [0.2, 0.25) is 11.8 Å². The third kappa shape index (κ3) is 3.53. The molecule has 9 heteroatoms. The molecule has 0 aliphatic carbocycles. The van der Waals surface area contributed by atoms with Gasteiger partial charge >= 0.3 is 0 Å². The number of rotatable bonds is 5. The smallest absolute Gasteiger partial charge is 0.272 e. The number of non-ortho nitro benzene ring substituents is 1. The van der Waals surface area contributed by atoms with E-state index in [1.54, 1.807) is 0 Å². The van der Waals surface area contributed by atoms with Crippen LogP contribution in [0.15, 0.2) is 24.3 Å². The van der Waals surface area contributed by atoms with Gasteiger partial charge in [-0.15, -0.1) is 0 Å². The number of halogens is 1. The van der Waals surface area contributed by atoms with Crippen molar-refractivity contribution in [3.8, 4) is 11.6 Å². The summed E-state index contributed by atoms with van der Waals surface area (Å²) >= 11 is 0. The Morgan fingerprint density at radius 2 is 2.19 bits per heavy atom. The number of nitrogens with one attached hydrogen (secondary N) is 1. The average Bonchev–Trinajstić information content (AvgIpc) is 2.40. The lowest BCUT2D eigenvalue weighted by Crippen LogP contribution is -2.04. The first-order valence-corrected chi connectivity index (χ1v) is 6.00. The van der Waals surface area contributed by atoms with Crippen molar-refractivity contribution in [2.75, 3.05) is 17.6 Å². The van der Waals surface area contributed by atoms with E-state index < -0.39 is 10.7 Å². The second kappa shape index (κ2) is 5.99. The zero-order chi connectivity index (χ0) is 15.4. The first kappa shape index (κ1) is 14.4. The fourth-order valence-electron chi connectivity index (χ4n) is 1.57. The monoisotopic (exact) mass is 293 g/mol. The largest absolute Gasteiger partial charge is 0.436 e. The molecule has 0 amide bonds. The number of anilines is 2. The van der Waals surface area contributed by atoms with E-state index in [2.05, 4.69) is 15.3 Å². The quantitative estimate of drug-likeness (QED) is 0.641. The second-order valence-electron chi connectivity index (χ2n) is 3.95. The van der Waals surface area contributed by atoms with Gasteiger partial charge in [0, 0.05) is 18.7 Å². The summed E-state index contributed by atoms with van der Waals surface area (Å²) in [7, 11) is 0. The van der Waals surface area contributed by atoms with Crippen LogP contribution in [0.2, 0.25) is 0 Å². The minimum absolute atomic E-state index is 0.0335. The summed E-state index contributed by atoms with van der Waals surface area (Å²) in [6.07, 6.45) is 0. The molecule has 2 rings (SSSR count). The fourth-order valence-corrected chi connectivity index (χ4v) is 1.57. The maximum atomic E-state index is 13.7. The van der Waals surface area contributed by atoms with Crippen LogP contribution in [0.25, 0.3) is 0 Å². The van der Waals surface area contributed by atoms with Crippen molar-refractivity contribution >= 4 is 17.5 Å². The highest BCUT2D eigenvalue weighted by atomic mass is 19.1. The highest BCUT2D eigenvalue weighted by Gasteiger charge is 2.13. The van der Waals surface area contributed by atoms with Crippen molar-refractivity contribution in [2.24, 2.45) is 0 Å². The van der Waals surface area contributed by atoms with Crippen LogP contribution in [0.4, 0.5) is 21.8 Å². The molecule has 21 heavy (non-hydrogen) atoms. The summed E-state index contributed by atoms with van der Waals surface area (Å²) in [5.41, 5.74) is 5.15. The second-order valence-corrected chi connectivity index (χ2v) is 3.95. The minimum atomic E-state index is -0.869. The van der Waals surface area contributed by atoms with E-state index in [0.29, 0.717) is 12.4 Å². The lowest BCUT2D eigenvalue weighted by atomic mass is 10.3. The predicted octanol–water partition coefficient (Wildman–Crippen LogP) is 2.33. The number of benzene rings is 1. The molecule has 0 fully saturated rings. The van der Waals surface area contributed by atoms with Gasteiger partial charge in [0.1, 0.15) is 5.82 Å². The Morgan fingerprint density at radius 3 is 2.81 bits per heavy atom. The Kier molecular flexibility index (Phi) is 4.12.